The second-order valence-electron chi connectivity index (χ2n) is 5.28. The quantitative estimate of drug-likeness (QED) is 0.790. The molecule has 17 heavy (non-hydrogen) atoms. The predicted molar refractivity (Wildman–Crippen MR) is 64.6 cm³/mol. The molecule has 1 aromatic rings. The lowest BCUT2D eigenvalue weighted by atomic mass is 9.80. The van der Waals surface area contributed by atoms with Crippen LogP contribution in [0.5, 0.6) is 0 Å². The summed E-state index contributed by atoms with van der Waals surface area (Å²) >= 11 is 0. The van der Waals surface area contributed by atoms with E-state index >= 15 is 0 Å². The monoisotopic (exact) mass is 236 g/mol. The number of aromatic nitrogens is 2. The summed E-state index contributed by atoms with van der Waals surface area (Å²) in [5.74, 6) is 1.45. The van der Waals surface area contributed by atoms with E-state index in [-0.39, 0.29) is 0 Å². The molecule has 1 heterocycles. The second-order valence-corrected chi connectivity index (χ2v) is 5.28. The molecule has 0 amide bonds. The standard InChI is InChI=1S/C12H20N4O/c1-8(9-3-2-4-9)14-12-16-15-11(17-12)7-13-10-5-6-10/h8-10,13H,2-7H2,1H3,(H,14,16). The van der Waals surface area contributed by atoms with E-state index in [0.29, 0.717) is 30.5 Å². The minimum atomic E-state index is 0.438. The highest BCUT2D eigenvalue weighted by Crippen LogP contribution is 2.30. The van der Waals surface area contributed by atoms with Crippen molar-refractivity contribution in [1.29, 1.82) is 0 Å². The van der Waals surface area contributed by atoms with Gasteiger partial charge in [0.05, 0.1) is 6.54 Å². The summed E-state index contributed by atoms with van der Waals surface area (Å²) in [6, 6.07) is 1.68. The smallest absolute Gasteiger partial charge is 0.315 e. The summed E-state index contributed by atoms with van der Waals surface area (Å²) in [6.07, 6.45) is 6.55. The third-order valence-corrected chi connectivity index (χ3v) is 3.79. The maximum absolute atomic E-state index is 5.56. The van der Waals surface area contributed by atoms with Gasteiger partial charge in [0.25, 0.3) is 0 Å². The van der Waals surface area contributed by atoms with Gasteiger partial charge >= 0.3 is 6.01 Å². The number of anilines is 1. The van der Waals surface area contributed by atoms with Gasteiger partial charge in [0.2, 0.25) is 5.89 Å². The van der Waals surface area contributed by atoms with Gasteiger partial charge < -0.3 is 15.1 Å². The molecule has 2 aliphatic rings. The van der Waals surface area contributed by atoms with E-state index in [0.717, 1.165) is 5.92 Å². The lowest BCUT2D eigenvalue weighted by Crippen LogP contribution is -2.30. The summed E-state index contributed by atoms with van der Waals surface area (Å²) in [5, 5.41) is 14.7. The molecule has 5 heteroatoms. The number of rotatable bonds is 6. The molecule has 5 nitrogen and oxygen atoms in total. The molecule has 0 spiro atoms. The van der Waals surface area contributed by atoms with Crippen LogP contribution in [0, 0.1) is 5.92 Å². The Hall–Kier alpha value is -1.10. The van der Waals surface area contributed by atoms with Crippen LogP contribution in [-0.4, -0.2) is 22.3 Å². The molecular formula is C12H20N4O. The Morgan fingerprint density at radius 3 is 2.76 bits per heavy atom. The van der Waals surface area contributed by atoms with E-state index in [1.54, 1.807) is 0 Å². The van der Waals surface area contributed by atoms with Crippen molar-refractivity contribution in [3.63, 3.8) is 0 Å². The van der Waals surface area contributed by atoms with Gasteiger partial charge in [0.15, 0.2) is 0 Å². The van der Waals surface area contributed by atoms with Crippen molar-refractivity contribution in [2.45, 2.75) is 57.7 Å². The second kappa shape index (κ2) is 4.64. The Bertz CT molecular complexity index is 370. The van der Waals surface area contributed by atoms with E-state index in [2.05, 4.69) is 27.8 Å². The molecule has 2 N–H and O–H groups in total. The summed E-state index contributed by atoms with van der Waals surface area (Å²) in [6.45, 7) is 2.88. The molecule has 0 aromatic carbocycles. The molecule has 2 saturated carbocycles. The van der Waals surface area contributed by atoms with Gasteiger partial charge in [-0.05, 0) is 38.5 Å². The Morgan fingerprint density at radius 2 is 2.12 bits per heavy atom. The van der Waals surface area contributed by atoms with Crippen LogP contribution in [0.3, 0.4) is 0 Å². The number of nitrogens with one attached hydrogen (secondary N) is 2. The summed E-state index contributed by atoms with van der Waals surface area (Å²) in [5.41, 5.74) is 0. The van der Waals surface area contributed by atoms with Gasteiger partial charge in [-0.25, -0.2) is 0 Å². The lowest BCUT2D eigenvalue weighted by molar-refractivity contribution is 0.281. The molecule has 1 unspecified atom stereocenters. The van der Waals surface area contributed by atoms with Gasteiger partial charge in [0, 0.05) is 12.1 Å². The zero-order valence-electron chi connectivity index (χ0n) is 10.3. The van der Waals surface area contributed by atoms with E-state index in [4.69, 9.17) is 4.42 Å². The third-order valence-electron chi connectivity index (χ3n) is 3.79. The third kappa shape index (κ3) is 2.77. The maximum atomic E-state index is 5.56. The first-order chi connectivity index (χ1) is 8.31. The molecule has 1 aromatic heterocycles. The summed E-state index contributed by atoms with van der Waals surface area (Å²) in [4.78, 5) is 0. The zero-order chi connectivity index (χ0) is 11.7. The van der Waals surface area contributed by atoms with Gasteiger partial charge in [-0.15, -0.1) is 5.10 Å². The lowest BCUT2D eigenvalue weighted by Gasteiger charge is -2.31. The molecule has 0 saturated heterocycles. The van der Waals surface area contributed by atoms with Crippen molar-refractivity contribution in [1.82, 2.24) is 15.5 Å². The van der Waals surface area contributed by atoms with Crippen molar-refractivity contribution in [2.24, 2.45) is 5.92 Å². The van der Waals surface area contributed by atoms with Crippen molar-refractivity contribution in [3.05, 3.63) is 5.89 Å². The van der Waals surface area contributed by atoms with E-state index in [1.165, 1.54) is 32.1 Å². The van der Waals surface area contributed by atoms with Crippen LogP contribution >= 0.6 is 0 Å². The van der Waals surface area contributed by atoms with Crippen molar-refractivity contribution >= 4 is 6.01 Å². The van der Waals surface area contributed by atoms with Crippen LogP contribution in [0.4, 0.5) is 6.01 Å². The molecule has 3 rings (SSSR count). The van der Waals surface area contributed by atoms with Gasteiger partial charge in [-0.1, -0.05) is 11.5 Å². The average Bonchev–Trinajstić information content (AvgIpc) is 2.95. The number of hydrogen-bond donors (Lipinski definition) is 2. The highest BCUT2D eigenvalue weighted by molar-refractivity contribution is 5.19. The fourth-order valence-electron chi connectivity index (χ4n) is 2.15. The molecule has 2 aliphatic carbocycles. The fourth-order valence-corrected chi connectivity index (χ4v) is 2.15. The van der Waals surface area contributed by atoms with Gasteiger partial charge in [-0.2, -0.15) is 0 Å². The average molecular weight is 236 g/mol. The molecule has 0 aliphatic heterocycles. The van der Waals surface area contributed by atoms with E-state index < -0.39 is 0 Å². The predicted octanol–water partition coefficient (Wildman–Crippen LogP) is 1.92. The number of hydrogen-bond acceptors (Lipinski definition) is 5. The molecular weight excluding hydrogens is 216 g/mol. The Morgan fingerprint density at radius 1 is 1.29 bits per heavy atom. The molecule has 1 atom stereocenters. The molecule has 94 valence electrons. The Kier molecular flexibility index (Phi) is 3.01. The first-order valence-corrected chi connectivity index (χ1v) is 6.63. The van der Waals surface area contributed by atoms with Crippen LogP contribution in [0.25, 0.3) is 0 Å². The molecule has 2 fully saturated rings. The SMILES string of the molecule is CC(Nc1nnc(CNC2CC2)o1)C1CCC1. The number of nitrogens with zero attached hydrogens (tertiary/aromatic N) is 2. The van der Waals surface area contributed by atoms with Crippen LogP contribution < -0.4 is 10.6 Å². The van der Waals surface area contributed by atoms with Crippen LogP contribution in [0.2, 0.25) is 0 Å². The minimum absolute atomic E-state index is 0.438. The first kappa shape index (κ1) is 11.0. The zero-order valence-corrected chi connectivity index (χ0v) is 10.3. The van der Waals surface area contributed by atoms with Crippen molar-refractivity contribution in [3.8, 4) is 0 Å². The molecule has 0 bridgehead atoms. The summed E-state index contributed by atoms with van der Waals surface area (Å²) in [7, 11) is 0. The Balaban J connectivity index is 1.48. The Labute approximate surface area is 101 Å². The largest absolute Gasteiger partial charge is 0.407 e. The van der Waals surface area contributed by atoms with Crippen molar-refractivity contribution < 1.29 is 4.42 Å². The highest BCUT2D eigenvalue weighted by Gasteiger charge is 2.25. The highest BCUT2D eigenvalue weighted by atomic mass is 16.4. The van der Waals surface area contributed by atoms with Crippen LogP contribution in [0.1, 0.15) is 44.9 Å². The van der Waals surface area contributed by atoms with Crippen LogP contribution in [-0.2, 0) is 6.54 Å². The van der Waals surface area contributed by atoms with Crippen molar-refractivity contribution in [2.75, 3.05) is 5.32 Å². The topological polar surface area (TPSA) is 63.0 Å². The van der Waals surface area contributed by atoms with E-state index in [1.807, 2.05) is 0 Å². The van der Waals surface area contributed by atoms with Crippen LogP contribution in [0.15, 0.2) is 4.42 Å². The molecule has 0 radical (unpaired) electrons. The van der Waals surface area contributed by atoms with E-state index in [9.17, 15) is 0 Å². The summed E-state index contributed by atoms with van der Waals surface area (Å²) < 4.78 is 5.56. The first-order valence-electron chi connectivity index (χ1n) is 6.63. The minimum Gasteiger partial charge on any atom is -0.407 e. The van der Waals surface area contributed by atoms with Gasteiger partial charge in [0.1, 0.15) is 0 Å². The maximum Gasteiger partial charge on any atom is 0.315 e. The normalized spacial score (nSPS) is 22.2. The van der Waals surface area contributed by atoms with Gasteiger partial charge in [-0.3, -0.25) is 0 Å². The fraction of sp³-hybridized carbons (Fsp3) is 0.833.